The number of amides is 1. The van der Waals surface area contributed by atoms with Crippen LogP contribution in [0.15, 0.2) is 18.2 Å². The van der Waals surface area contributed by atoms with Crippen LogP contribution in [-0.4, -0.2) is 41.7 Å². The second-order valence-corrected chi connectivity index (χ2v) is 4.45. The lowest BCUT2D eigenvalue weighted by Crippen LogP contribution is -2.35. The van der Waals surface area contributed by atoms with E-state index in [2.05, 4.69) is 0 Å². The minimum atomic E-state index is -0.559. The average Bonchev–Trinajstić information content (AvgIpc) is 2.53. The van der Waals surface area contributed by atoms with Crippen molar-refractivity contribution in [3.8, 4) is 5.75 Å². The van der Waals surface area contributed by atoms with E-state index < -0.39 is 5.82 Å². The SMILES string of the molecule is CC1CN(C(=O)c2ccc(F)cc2O)CCCO1. The molecule has 4 nitrogen and oxygen atoms in total. The highest BCUT2D eigenvalue weighted by atomic mass is 19.1. The Morgan fingerprint density at radius 3 is 3.06 bits per heavy atom. The largest absolute Gasteiger partial charge is 0.507 e. The van der Waals surface area contributed by atoms with Crippen molar-refractivity contribution in [3.05, 3.63) is 29.6 Å². The Kier molecular flexibility index (Phi) is 3.81. The fourth-order valence-electron chi connectivity index (χ4n) is 2.03. The summed E-state index contributed by atoms with van der Waals surface area (Å²) in [5, 5.41) is 9.61. The Balaban J connectivity index is 2.19. The van der Waals surface area contributed by atoms with Gasteiger partial charge in [0.25, 0.3) is 5.91 Å². The molecule has 1 atom stereocenters. The van der Waals surface area contributed by atoms with E-state index >= 15 is 0 Å². The van der Waals surface area contributed by atoms with E-state index in [-0.39, 0.29) is 23.3 Å². The highest BCUT2D eigenvalue weighted by Crippen LogP contribution is 2.21. The maximum absolute atomic E-state index is 12.9. The molecule has 5 heteroatoms. The fourth-order valence-corrected chi connectivity index (χ4v) is 2.03. The van der Waals surface area contributed by atoms with E-state index in [4.69, 9.17) is 4.74 Å². The van der Waals surface area contributed by atoms with Crippen LogP contribution in [0.5, 0.6) is 5.75 Å². The number of carbonyl (C=O) groups excluding carboxylic acids is 1. The first-order valence-corrected chi connectivity index (χ1v) is 5.97. The maximum Gasteiger partial charge on any atom is 0.257 e. The highest BCUT2D eigenvalue weighted by molar-refractivity contribution is 5.96. The maximum atomic E-state index is 12.9. The summed E-state index contributed by atoms with van der Waals surface area (Å²) in [5.74, 6) is -1.17. The second-order valence-electron chi connectivity index (χ2n) is 4.45. The van der Waals surface area contributed by atoms with Gasteiger partial charge in [0, 0.05) is 25.8 Å². The van der Waals surface area contributed by atoms with Crippen LogP contribution in [0.3, 0.4) is 0 Å². The molecule has 1 N–H and O–H groups in total. The highest BCUT2D eigenvalue weighted by Gasteiger charge is 2.23. The van der Waals surface area contributed by atoms with E-state index in [1.165, 1.54) is 12.1 Å². The van der Waals surface area contributed by atoms with Gasteiger partial charge < -0.3 is 14.7 Å². The summed E-state index contributed by atoms with van der Waals surface area (Å²) in [6.07, 6.45) is 0.733. The van der Waals surface area contributed by atoms with Gasteiger partial charge in [-0.05, 0) is 25.5 Å². The summed E-state index contributed by atoms with van der Waals surface area (Å²) < 4.78 is 18.3. The van der Waals surface area contributed by atoms with Crippen LogP contribution in [0.25, 0.3) is 0 Å². The zero-order chi connectivity index (χ0) is 13.1. The summed E-state index contributed by atoms with van der Waals surface area (Å²) in [4.78, 5) is 13.8. The summed E-state index contributed by atoms with van der Waals surface area (Å²) in [5.41, 5.74) is 0.130. The van der Waals surface area contributed by atoms with Gasteiger partial charge in [-0.3, -0.25) is 4.79 Å². The van der Waals surface area contributed by atoms with Crippen LogP contribution in [0.2, 0.25) is 0 Å². The molecule has 0 saturated carbocycles. The van der Waals surface area contributed by atoms with Gasteiger partial charge in [-0.2, -0.15) is 0 Å². The van der Waals surface area contributed by atoms with Crippen LogP contribution in [0, 0.1) is 5.82 Å². The first-order chi connectivity index (χ1) is 8.58. The average molecular weight is 253 g/mol. The Morgan fingerprint density at radius 1 is 1.56 bits per heavy atom. The molecule has 0 spiro atoms. The molecule has 1 aliphatic rings. The number of nitrogens with zero attached hydrogens (tertiary/aromatic N) is 1. The summed E-state index contributed by atoms with van der Waals surface area (Å²) in [7, 11) is 0. The first-order valence-electron chi connectivity index (χ1n) is 5.97. The second kappa shape index (κ2) is 5.35. The van der Waals surface area contributed by atoms with Crippen LogP contribution >= 0.6 is 0 Å². The number of phenolic OH excluding ortho intramolecular Hbond substituents is 1. The topological polar surface area (TPSA) is 49.8 Å². The Labute approximate surface area is 105 Å². The van der Waals surface area contributed by atoms with Crippen molar-refractivity contribution in [1.29, 1.82) is 0 Å². The number of halogens is 1. The van der Waals surface area contributed by atoms with Crippen molar-refractivity contribution >= 4 is 5.91 Å². The molecule has 1 aromatic rings. The van der Waals surface area contributed by atoms with Gasteiger partial charge in [0.2, 0.25) is 0 Å². The third-order valence-electron chi connectivity index (χ3n) is 2.93. The number of benzene rings is 1. The predicted molar refractivity (Wildman–Crippen MR) is 64.0 cm³/mol. The lowest BCUT2D eigenvalue weighted by atomic mass is 10.1. The summed E-state index contributed by atoms with van der Waals surface area (Å²) in [6.45, 7) is 3.59. The zero-order valence-electron chi connectivity index (χ0n) is 10.2. The minimum Gasteiger partial charge on any atom is -0.507 e. The standard InChI is InChI=1S/C13H16FNO3/c1-9-8-15(5-2-6-18-9)13(17)11-4-3-10(14)7-12(11)16/h3-4,7,9,16H,2,5-6,8H2,1H3. The van der Waals surface area contributed by atoms with E-state index in [0.717, 1.165) is 12.5 Å². The van der Waals surface area contributed by atoms with Crippen LogP contribution in [0.1, 0.15) is 23.7 Å². The van der Waals surface area contributed by atoms with Crippen LogP contribution < -0.4 is 0 Å². The third kappa shape index (κ3) is 2.79. The van der Waals surface area contributed by atoms with Gasteiger partial charge in [-0.1, -0.05) is 0 Å². The van der Waals surface area contributed by atoms with Gasteiger partial charge in [-0.25, -0.2) is 4.39 Å². The first kappa shape index (κ1) is 12.8. The molecule has 0 bridgehead atoms. The molecule has 1 unspecified atom stereocenters. The summed E-state index contributed by atoms with van der Waals surface area (Å²) in [6, 6.07) is 3.43. The molecule has 1 heterocycles. The van der Waals surface area contributed by atoms with E-state index in [0.29, 0.717) is 19.7 Å². The molecule has 98 valence electrons. The molecule has 1 aliphatic heterocycles. The number of ether oxygens (including phenoxy) is 1. The van der Waals surface area contributed by atoms with Crippen molar-refractivity contribution in [1.82, 2.24) is 4.90 Å². The van der Waals surface area contributed by atoms with Crippen molar-refractivity contribution in [2.45, 2.75) is 19.4 Å². The van der Waals surface area contributed by atoms with Crippen molar-refractivity contribution in [3.63, 3.8) is 0 Å². The fraction of sp³-hybridized carbons (Fsp3) is 0.462. The molecule has 0 aromatic heterocycles. The van der Waals surface area contributed by atoms with Crippen molar-refractivity contribution in [2.24, 2.45) is 0 Å². The number of hydrogen-bond acceptors (Lipinski definition) is 3. The Morgan fingerprint density at radius 2 is 2.33 bits per heavy atom. The smallest absolute Gasteiger partial charge is 0.257 e. The normalized spacial score (nSPS) is 20.6. The molecule has 2 rings (SSSR count). The lowest BCUT2D eigenvalue weighted by molar-refractivity contribution is 0.0561. The minimum absolute atomic E-state index is 0.0287. The molecular weight excluding hydrogens is 237 g/mol. The van der Waals surface area contributed by atoms with Gasteiger partial charge >= 0.3 is 0 Å². The predicted octanol–water partition coefficient (Wildman–Crippen LogP) is 1.78. The molecular formula is C13H16FNO3. The number of hydrogen-bond donors (Lipinski definition) is 1. The monoisotopic (exact) mass is 253 g/mol. The van der Waals surface area contributed by atoms with E-state index in [9.17, 15) is 14.3 Å². The quantitative estimate of drug-likeness (QED) is 0.830. The molecule has 1 fully saturated rings. The van der Waals surface area contributed by atoms with Gasteiger partial charge in [0.1, 0.15) is 11.6 Å². The van der Waals surface area contributed by atoms with Gasteiger partial charge in [-0.15, -0.1) is 0 Å². The zero-order valence-corrected chi connectivity index (χ0v) is 10.2. The molecule has 1 amide bonds. The van der Waals surface area contributed by atoms with Gasteiger partial charge in [0.05, 0.1) is 11.7 Å². The van der Waals surface area contributed by atoms with Crippen LogP contribution in [0.4, 0.5) is 4.39 Å². The van der Waals surface area contributed by atoms with Crippen LogP contribution in [-0.2, 0) is 4.74 Å². The molecule has 0 aliphatic carbocycles. The van der Waals surface area contributed by atoms with Gasteiger partial charge in [0.15, 0.2) is 0 Å². The van der Waals surface area contributed by atoms with E-state index in [1.807, 2.05) is 6.92 Å². The lowest BCUT2D eigenvalue weighted by Gasteiger charge is -2.22. The number of aromatic hydroxyl groups is 1. The molecule has 1 saturated heterocycles. The Bertz CT molecular complexity index is 450. The van der Waals surface area contributed by atoms with Crippen molar-refractivity contribution in [2.75, 3.05) is 19.7 Å². The molecule has 1 aromatic carbocycles. The van der Waals surface area contributed by atoms with E-state index in [1.54, 1.807) is 4.90 Å². The third-order valence-corrected chi connectivity index (χ3v) is 2.93. The number of phenols is 1. The molecule has 0 radical (unpaired) electrons. The van der Waals surface area contributed by atoms with Crippen molar-refractivity contribution < 1.29 is 19.0 Å². The summed E-state index contributed by atoms with van der Waals surface area (Å²) >= 11 is 0. The number of carbonyl (C=O) groups is 1. The Hall–Kier alpha value is -1.62. The molecule has 18 heavy (non-hydrogen) atoms. The number of rotatable bonds is 1.